The summed E-state index contributed by atoms with van der Waals surface area (Å²) in [6.07, 6.45) is -9.62. The van der Waals surface area contributed by atoms with E-state index in [0.717, 1.165) is 18.2 Å². The summed E-state index contributed by atoms with van der Waals surface area (Å²) in [5, 5.41) is 8.80. The maximum absolute atomic E-state index is 13.3. The fraction of sp³-hybridized carbons (Fsp3) is 0.333. The Morgan fingerprint density at radius 3 is 2.19 bits per heavy atom. The fourth-order valence-electron chi connectivity index (χ4n) is 2.87. The average Bonchev–Trinajstić information content (AvgIpc) is 3.51. The molecule has 0 saturated carbocycles. The molecule has 0 radical (unpaired) electrons. The number of ether oxygens (including phenoxy) is 2. The van der Waals surface area contributed by atoms with Crippen molar-refractivity contribution in [1.82, 2.24) is 0 Å². The molecular formula is C21H16F6N2O2. The lowest BCUT2D eigenvalue weighted by Crippen LogP contribution is -2.17. The molecule has 1 aliphatic rings. The highest BCUT2D eigenvalue weighted by molar-refractivity contribution is 6.11. The Bertz CT molecular complexity index is 1040. The van der Waals surface area contributed by atoms with E-state index < -0.39 is 35.1 Å². The molecule has 0 bridgehead atoms. The van der Waals surface area contributed by atoms with Crippen LogP contribution in [0.1, 0.15) is 35.6 Å². The molecule has 10 heteroatoms. The van der Waals surface area contributed by atoms with Crippen LogP contribution in [0.15, 0.2) is 41.4 Å². The topological polar surface area (TPSA) is 54.6 Å². The van der Waals surface area contributed by atoms with Gasteiger partial charge in [0.1, 0.15) is 11.5 Å². The summed E-state index contributed by atoms with van der Waals surface area (Å²) in [6, 6.07) is 8.10. The summed E-state index contributed by atoms with van der Waals surface area (Å²) in [7, 11) is 0. The van der Waals surface area contributed by atoms with Crippen molar-refractivity contribution in [2.24, 2.45) is 4.99 Å². The molecule has 0 aliphatic carbocycles. The zero-order valence-electron chi connectivity index (χ0n) is 16.1. The second-order valence-corrected chi connectivity index (χ2v) is 6.85. The summed E-state index contributed by atoms with van der Waals surface area (Å²) in [5.74, 6) is -0.0602. The van der Waals surface area contributed by atoms with Gasteiger partial charge in [0.2, 0.25) is 0 Å². The Kier molecular flexibility index (Phi) is 6.15. The predicted octanol–water partition coefficient (Wildman–Crippen LogP) is 5.63. The van der Waals surface area contributed by atoms with Crippen LogP contribution in [-0.2, 0) is 12.4 Å². The lowest BCUT2D eigenvalue weighted by atomic mass is 10.0. The number of alkyl halides is 6. The monoisotopic (exact) mass is 442 g/mol. The normalized spacial score (nSPS) is 14.5. The minimum Gasteiger partial charge on any atom is -0.493 e. The lowest BCUT2D eigenvalue weighted by molar-refractivity contribution is -0.138. The number of rotatable bonds is 7. The largest absolute Gasteiger partial charge is 0.493 e. The molecule has 0 saturated heterocycles. The second-order valence-electron chi connectivity index (χ2n) is 6.85. The van der Waals surface area contributed by atoms with Crippen LogP contribution in [0.25, 0.3) is 0 Å². The molecule has 4 nitrogen and oxygen atoms in total. The first-order valence-electron chi connectivity index (χ1n) is 9.15. The van der Waals surface area contributed by atoms with E-state index in [9.17, 15) is 26.3 Å². The van der Waals surface area contributed by atoms with Crippen LogP contribution in [0.5, 0.6) is 11.5 Å². The quantitative estimate of drug-likeness (QED) is 0.522. The SMILES string of the molecule is C[C@@H](CCOc1ccc(C#N)c(C(F)(F)F)c1)Oc1ccc(C2=NC2)c(C(F)(F)F)c1. The molecule has 1 heterocycles. The predicted molar refractivity (Wildman–Crippen MR) is 99.2 cm³/mol. The van der Waals surface area contributed by atoms with E-state index in [1.165, 1.54) is 24.3 Å². The summed E-state index contributed by atoms with van der Waals surface area (Å²) in [6.45, 7) is 1.85. The number of hydrogen-bond acceptors (Lipinski definition) is 4. The smallest absolute Gasteiger partial charge is 0.417 e. The molecule has 2 aromatic carbocycles. The van der Waals surface area contributed by atoms with Gasteiger partial charge in [0, 0.05) is 12.0 Å². The van der Waals surface area contributed by atoms with Crippen molar-refractivity contribution in [3.05, 3.63) is 58.7 Å². The van der Waals surface area contributed by atoms with Gasteiger partial charge in [-0.05, 0) is 43.3 Å². The van der Waals surface area contributed by atoms with Gasteiger partial charge in [-0.2, -0.15) is 31.6 Å². The third kappa shape index (κ3) is 5.69. The van der Waals surface area contributed by atoms with Crippen LogP contribution in [-0.4, -0.2) is 25.0 Å². The molecule has 164 valence electrons. The first-order chi connectivity index (χ1) is 14.5. The van der Waals surface area contributed by atoms with Gasteiger partial charge < -0.3 is 9.47 Å². The molecule has 0 unspecified atom stereocenters. The third-order valence-corrected chi connectivity index (χ3v) is 4.47. The number of aliphatic imine (C=N–C) groups is 1. The number of benzene rings is 2. The zero-order chi connectivity index (χ0) is 22.8. The van der Waals surface area contributed by atoms with E-state index >= 15 is 0 Å². The highest BCUT2D eigenvalue weighted by Gasteiger charge is 2.36. The highest BCUT2D eigenvalue weighted by atomic mass is 19.4. The van der Waals surface area contributed by atoms with Crippen LogP contribution < -0.4 is 9.47 Å². The van der Waals surface area contributed by atoms with Crippen molar-refractivity contribution in [2.75, 3.05) is 13.2 Å². The van der Waals surface area contributed by atoms with Crippen molar-refractivity contribution >= 4 is 5.71 Å². The average molecular weight is 442 g/mol. The molecule has 0 amide bonds. The third-order valence-electron chi connectivity index (χ3n) is 4.47. The van der Waals surface area contributed by atoms with Gasteiger partial charge >= 0.3 is 12.4 Å². The molecular weight excluding hydrogens is 426 g/mol. The van der Waals surface area contributed by atoms with E-state index in [1.807, 2.05) is 0 Å². The van der Waals surface area contributed by atoms with Gasteiger partial charge in [0.05, 0.1) is 47.7 Å². The van der Waals surface area contributed by atoms with E-state index in [1.54, 1.807) is 6.92 Å². The van der Waals surface area contributed by atoms with Crippen molar-refractivity contribution in [2.45, 2.75) is 31.8 Å². The van der Waals surface area contributed by atoms with Gasteiger partial charge in [-0.3, -0.25) is 4.99 Å². The van der Waals surface area contributed by atoms with E-state index in [4.69, 9.17) is 14.7 Å². The molecule has 31 heavy (non-hydrogen) atoms. The number of nitrogens with zero attached hydrogens (tertiary/aromatic N) is 2. The summed E-state index contributed by atoms with van der Waals surface area (Å²) in [4.78, 5) is 3.81. The Morgan fingerprint density at radius 1 is 1.00 bits per heavy atom. The lowest BCUT2D eigenvalue weighted by Gasteiger charge is -2.18. The van der Waals surface area contributed by atoms with E-state index in [-0.39, 0.29) is 36.6 Å². The molecule has 0 N–H and O–H groups in total. The Labute approximate surface area is 173 Å². The van der Waals surface area contributed by atoms with E-state index in [0.29, 0.717) is 5.71 Å². The Balaban J connectivity index is 1.61. The first kappa shape index (κ1) is 22.5. The molecule has 0 fully saturated rings. The van der Waals surface area contributed by atoms with Gasteiger partial charge in [0.15, 0.2) is 0 Å². The maximum Gasteiger partial charge on any atom is 0.417 e. The van der Waals surface area contributed by atoms with Gasteiger partial charge in [-0.15, -0.1) is 0 Å². The van der Waals surface area contributed by atoms with Crippen LogP contribution in [0, 0.1) is 11.3 Å². The van der Waals surface area contributed by atoms with Crippen molar-refractivity contribution < 1.29 is 35.8 Å². The molecule has 1 aliphatic heterocycles. The van der Waals surface area contributed by atoms with E-state index in [2.05, 4.69) is 4.99 Å². The van der Waals surface area contributed by atoms with Crippen molar-refractivity contribution in [3.8, 4) is 17.6 Å². The Hall–Kier alpha value is -3.22. The number of nitriles is 1. The van der Waals surface area contributed by atoms with Crippen molar-refractivity contribution in [1.29, 1.82) is 5.26 Å². The summed E-state index contributed by atoms with van der Waals surface area (Å²) < 4.78 is 89.6. The van der Waals surface area contributed by atoms with Gasteiger partial charge in [-0.25, -0.2) is 0 Å². The fourth-order valence-corrected chi connectivity index (χ4v) is 2.87. The standard InChI is InChI=1S/C21H16F6N2O2/c1-12(6-7-30-14-3-2-13(10-28)17(8-14)20(22,23)24)31-15-4-5-16(19-11-29-19)18(9-15)21(25,26)27/h2-5,8-9,12H,6-7,11H2,1H3/t12-/m0/s1. The number of hydrogen-bond donors (Lipinski definition) is 0. The van der Waals surface area contributed by atoms with Crippen LogP contribution in [0.2, 0.25) is 0 Å². The molecule has 0 spiro atoms. The van der Waals surface area contributed by atoms with Crippen LogP contribution >= 0.6 is 0 Å². The minimum atomic E-state index is -4.70. The minimum absolute atomic E-state index is 0.0163. The number of halogens is 6. The maximum atomic E-state index is 13.3. The zero-order valence-corrected chi connectivity index (χ0v) is 16.1. The van der Waals surface area contributed by atoms with Crippen LogP contribution in [0.3, 0.4) is 0 Å². The highest BCUT2D eigenvalue weighted by Crippen LogP contribution is 2.37. The summed E-state index contributed by atoms with van der Waals surface area (Å²) >= 11 is 0. The Morgan fingerprint density at radius 2 is 1.61 bits per heavy atom. The second kappa shape index (κ2) is 8.49. The van der Waals surface area contributed by atoms with Crippen LogP contribution in [0.4, 0.5) is 26.3 Å². The first-order valence-corrected chi connectivity index (χ1v) is 9.15. The van der Waals surface area contributed by atoms with Gasteiger partial charge in [0.25, 0.3) is 0 Å². The molecule has 3 rings (SSSR count). The molecule has 1 atom stereocenters. The summed E-state index contributed by atoms with van der Waals surface area (Å²) in [5.41, 5.74) is -2.03. The molecule has 0 aromatic heterocycles. The van der Waals surface area contributed by atoms with Crippen molar-refractivity contribution in [3.63, 3.8) is 0 Å². The van der Waals surface area contributed by atoms with Gasteiger partial charge in [-0.1, -0.05) is 0 Å². The molecule has 2 aromatic rings.